The van der Waals surface area contributed by atoms with Crippen LogP contribution in [0.5, 0.6) is 0 Å². The van der Waals surface area contributed by atoms with Crippen molar-refractivity contribution < 1.29 is 4.39 Å². The molecule has 3 nitrogen and oxygen atoms in total. The number of nitrogens with zero attached hydrogens (tertiary/aromatic N) is 2. The van der Waals surface area contributed by atoms with Gasteiger partial charge in [0.2, 0.25) is 0 Å². The summed E-state index contributed by atoms with van der Waals surface area (Å²) in [5.41, 5.74) is 2.81. The molecule has 0 bridgehead atoms. The Labute approximate surface area is 110 Å². The second-order valence-electron chi connectivity index (χ2n) is 4.02. The number of anilines is 1. The molecule has 0 saturated heterocycles. The van der Waals surface area contributed by atoms with Crippen molar-refractivity contribution in [2.24, 2.45) is 0 Å². The van der Waals surface area contributed by atoms with Crippen LogP contribution in [0.4, 0.5) is 10.2 Å². The molecule has 18 heavy (non-hydrogen) atoms. The van der Waals surface area contributed by atoms with E-state index >= 15 is 0 Å². The minimum Gasteiger partial charge on any atom is -0.371 e. The van der Waals surface area contributed by atoms with E-state index in [1.54, 1.807) is 19.2 Å². The van der Waals surface area contributed by atoms with E-state index in [0.29, 0.717) is 22.1 Å². The maximum Gasteiger partial charge on any atom is 0.151 e. The molecule has 0 amide bonds. The molecule has 2 aromatic rings. The van der Waals surface area contributed by atoms with Gasteiger partial charge in [0.25, 0.3) is 0 Å². The van der Waals surface area contributed by atoms with Crippen LogP contribution in [0.3, 0.4) is 0 Å². The molecule has 0 aliphatic rings. The lowest BCUT2D eigenvalue weighted by molar-refractivity contribution is 0.630. The molecular formula is C13H13ClFN3. The highest BCUT2D eigenvalue weighted by Crippen LogP contribution is 2.29. The maximum absolute atomic E-state index is 13.9. The van der Waals surface area contributed by atoms with Crippen LogP contribution in [-0.2, 0) is 0 Å². The number of hydrogen-bond acceptors (Lipinski definition) is 3. The van der Waals surface area contributed by atoms with Crippen molar-refractivity contribution in [3.8, 4) is 11.3 Å². The van der Waals surface area contributed by atoms with Crippen LogP contribution >= 0.6 is 11.6 Å². The minimum absolute atomic E-state index is 0.366. The molecule has 0 aliphatic carbocycles. The number of halogens is 2. The summed E-state index contributed by atoms with van der Waals surface area (Å²) in [6, 6.07) is 4.54. The fourth-order valence-corrected chi connectivity index (χ4v) is 1.94. The third-order valence-electron chi connectivity index (χ3n) is 2.95. The summed E-state index contributed by atoms with van der Waals surface area (Å²) in [5, 5.41) is 11.4. The SMILES string of the molecule is CNc1nnc(-c2ccc(Cl)cc2F)c(C)c1C. The van der Waals surface area contributed by atoms with Crippen LogP contribution in [0.1, 0.15) is 11.1 Å². The highest BCUT2D eigenvalue weighted by Gasteiger charge is 2.14. The molecular weight excluding hydrogens is 253 g/mol. The monoisotopic (exact) mass is 265 g/mol. The van der Waals surface area contributed by atoms with Gasteiger partial charge in [0.15, 0.2) is 5.82 Å². The summed E-state index contributed by atoms with van der Waals surface area (Å²) in [7, 11) is 1.78. The molecule has 1 heterocycles. The van der Waals surface area contributed by atoms with Gasteiger partial charge < -0.3 is 5.32 Å². The second-order valence-corrected chi connectivity index (χ2v) is 4.46. The van der Waals surface area contributed by atoms with E-state index in [2.05, 4.69) is 15.5 Å². The van der Waals surface area contributed by atoms with E-state index in [1.165, 1.54) is 6.07 Å². The van der Waals surface area contributed by atoms with Crippen molar-refractivity contribution in [2.75, 3.05) is 12.4 Å². The topological polar surface area (TPSA) is 37.8 Å². The standard InChI is InChI=1S/C13H13ClFN3/c1-7-8(2)13(16-3)18-17-12(7)10-5-4-9(14)6-11(10)15/h4-6H,1-3H3,(H,16,18). The van der Waals surface area contributed by atoms with Gasteiger partial charge >= 0.3 is 0 Å². The smallest absolute Gasteiger partial charge is 0.151 e. The van der Waals surface area contributed by atoms with Crippen molar-refractivity contribution >= 4 is 17.4 Å². The zero-order valence-corrected chi connectivity index (χ0v) is 11.1. The molecule has 1 aromatic carbocycles. The quantitative estimate of drug-likeness (QED) is 0.902. The predicted octanol–water partition coefficient (Wildman–Crippen LogP) is 3.59. The van der Waals surface area contributed by atoms with Crippen LogP contribution in [0.25, 0.3) is 11.3 Å². The Morgan fingerprint density at radius 2 is 1.89 bits per heavy atom. The summed E-state index contributed by atoms with van der Waals surface area (Å²) in [5.74, 6) is 0.308. The number of benzene rings is 1. The van der Waals surface area contributed by atoms with Gasteiger partial charge in [0.1, 0.15) is 5.82 Å². The van der Waals surface area contributed by atoms with Gasteiger partial charge in [-0.2, -0.15) is 0 Å². The first-order valence-electron chi connectivity index (χ1n) is 5.51. The summed E-state index contributed by atoms with van der Waals surface area (Å²) in [6.07, 6.45) is 0. The van der Waals surface area contributed by atoms with Crippen LogP contribution in [0, 0.1) is 19.7 Å². The van der Waals surface area contributed by atoms with Crippen molar-refractivity contribution in [2.45, 2.75) is 13.8 Å². The molecule has 0 saturated carbocycles. The molecule has 5 heteroatoms. The van der Waals surface area contributed by atoms with Crippen LogP contribution in [0.2, 0.25) is 5.02 Å². The molecule has 1 aromatic heterocycles. The Hall–Kier alpha value is -1.68. The average Bonchev–Trinajstić information content (AvgIpc) is 2.34. The largest absolute Gasteiger partial charge is 0.371 e. The lowest BCUT2D eigenvalue weighted by Crippen LogP contribution is -2.03. The normalized spacial score (nSPS) is 10.5. The Morgan fingerprint density at radius 1 is 1.17 bits per heavy atom. The molecule has 2 rings (SSSR count). The fourth-order valence-electron chi connectivity index (χ4n) is 1.78. The van der Waals surface area contributed by atoms with Crippen molar-refractivity contribution in [3.05, 3.63) is 40.2 Å². The van der Waals surface area contributed by atoms with Crippen LogP contribution in [0.15, 0.2) is 18.2 Å². The predicted molar refractivity (Wildman–Crippen MR) is 71.5 cm³/mol. The lowest BCUT2D eigenvalue weighted by Gasteiger charge is -2.11. The first kappa shape index (κ1) is 12.8. The summed E-state index contributed by atoms with van der Waals surface area (Å²) in [6.45, 7) is 3.82. The molecule has 0 unspecified atom stereocenters. The third kappa shape index (κ3) is 2.16. The Bertz CT molecular complexity index is 599. The van der Waals surface area contributed by atoms with Gasteiger partial charge in [0.05, 0.1) is 5.69 Å². The van der Waals surface area contributed by atoms with Gasteiger partial charge in [-0.25, -0.2) is 4.39 Å². The van der Waals surface area contributed by atoms with E-state index < -0.39 is 5.82 Å². The minimum atomic E-state index is -0.392. The summed E-state index contributed by atoms with van der Waals surface area (Å²) < 4.78 is 13.9. The van der Waals surface area contributed by atoms with Gasteiger partial charge in [-0.1, -0.05) is 11.6 Å². The van der Waals surface area contributed by atoms with Gasteiger partial charge in [-0.15, -0.1) is 10.2 Å². The summed E-state index contributed by atoms with van der Waals surface area (Å²) >= 11 is 5.74. The third-order valence-corrected chi connectivity index (χ3v) is 3.18. The molecule has 1 N–H and O–H groups in total. The van der Waals surface area contributed by atoms with E-state index in [0.717, 1.165) is 11.1 Å². The highest BCUT2D eigenvalue weighted by atomic mass is 35.5. The van der Waals surface area contributed by atoms with Crippen molar-refractivity contribution in [1.82, 2.24) is 10.2 Å². The lowest BCUT2D eigenvalue weighted by atomic mass is 10.0. The first-order valence-corrected chi connectivity index (χ1v) is 5.89. The molecule has 94 valence electrons. The van der Waals surface area contributed by atoms with Crippen molar-refractivity contribution in [3.63, 3.8) is 0 Å². The number of rotatable bonds is 2. The average molecular weight is 266 g/mol. The Morgan fingerprint density at radius 3 is 2.50 bits per heavy atom. The van der Waals surface area contributed by atoms with Crippen molar-refractivity contribution in [1.29, 1.82) is 0 Å². The maximum atomic E-state index is 13.9. The number of hydrogen-bond donors (Lipinski definition) is 1. The molecule has 0 atom stereocenters. The van der Waals surface area contributed by atoms with Gasteiger partial charge in [-0.3, -0.25) is 0 Å². The number of nitrogens with one attached hydrogen (secondary N) is 1. The zero-order valence-electron chi connectivity index (χ0n) is 10.4. The van der Waals surface area contributed by atoms with E-state index in [-0.39, 0.29) is 0 Å². The molecule has 0 aliphatic heterocycles. The zero-order chi connectivity index (χ0) is 13.3. The molecule has 0 radical (unpaired) electrons. The summed E-state index contributed by atoms with van der Waals surface area (Å²) in [4.78, 5) is 0. The van der Waals surface area contributed by atoms with E-state index in [1.807, 2.05) is 13.8 Å². The second kappa shape index (κ2) is 4.90. The van der Waals surface area contributed by atoms with Crippen LogP contribution in [-0.4, -0.2) is 17.2 Å². The Balaban J connectivity index is 2.61. The number of aromatic nitrogens is 2. The fraction of sp³-hybridized carbons (Fsp3) is 0.231. The Kier molecular flexibility index (Phi) is 3.48. The van der Waals surface area contributed by atoms with Crippen LogP contribution < -0.4 is 5.32 Å². The first-order chi connectivity index (χ1) is 8.54. The molecule has 0 spiro atoms. The van der Waals surface area contributed by atoms with Gasteiger partial charge in [-0.05, 0) is 43.2 Å². The van der Waals surface area contributed by atoms with Gasteiger partial charge in [0, 0.05) is 17.6 Å². The van der Waals surface area contributed by atoms with E-state index in [9.17, 15) is 4.39 Å². The molecule has 0 fully saturated rings. The van der Waals surface area contributed by atoms with E-state index in [4.69, 9.17) is 11.6 Å². The highest BCUT2D eigenvalue weighted by molar-refractivity contribution is 6.30.